The third kappa shape index (κ3) is 15.8. The van der Waals surface area contributed by atoms with Gasteiger partial charge in [-0.1, -0.05) is 99.2 Å². The number of aliphatic carboxylic acids is 2. The average molecular weight is 567 g/mol. The third-order valence-electron chi connectivity index (χ3n) is 7.50. The number of carboxylic acids is 2. The number of ether oxygens (including phenoxy) is 1. The van der Waals surface area contributed by atoms with Crippen molar-refractivity contribution in [3.8, 4) is 0 Å². The molecule has 0 heterocycles. The Balaban J connectivity index is 1.79. The molecule has 0 aliphatic rings. The van der Waals surface area contributed by atoms with Gasteiger partial charge in [0, 0.05) is 12.8 Å². The second kappa shape index (κ2) is 20.4. The Hall–Kier alpha value is -3.48. The summed E-state index contributed by atoms with van der Waals surface area (Å²) in [6.07, 6.45) is 10.2. The predicted molar refractivity (Wildman–Crippen MR) is 158 cm³/mol. The Labute approximate surface area is 244 Å². The third-order valence-corrected chi connectivity index (χ3v) is 7.50. The summed E-state index contributed by atoms with van der Waals surface area (Å²) in [4.78, 5) is 48.1. The molecule has 0 saturated carbocycles. The van der Waals surface area contributed by atoms with E-state index in [-0.39, 0.29) is 25.7 Å². The van der Waals surface area contributed by atoms with Crippen molar-refractivity contribution in [2.45, 2.75) is 103 Å². The largest absolute Gasteiger partial charge is 0.481 e. The minimum atomic E-state index is -0.997. The van der Waals surface area contributed by atoms with Crippen LogP contribution in [0, 0.1) is 11.8 Å². The maximum atomic E-state index is 12.9. The smallest absolute Gasteiger partial charge is 0.316 e. The molecule has 2 aromatic rings. The molecule has 2 unspecified atom stereocenters. The van der Waals surface area contributed by atoms with Crippen LogP contribution < -0.4 is 0 Å². The number of benzene rings is 2. The molecule has 0 radical (unpaired) electrons. The van der Waals surface area contributed by atoms with E-state index in [4.69, 9.17) is 14.9 Å². The number of carbonyl (C=O) groups is 4. The Kier molecular flexibility index (Phi) is 16.8. The average Bonchev–Trinajstić information content (AvgIpc) is 2.96. The van der Waals surface area contributed by atoms with E-state index in [1.807, 2.05) is 36.4 Å². The van der Waals surface area contributed by atoms with Gasteiger partial charge in [0.2, 0.25) is 0 Å². The summed E-state index contributed by atoms with van der Waals surface area (Å²) in [5.74, 6) is -4.70. The topological polar surface area (TPSA) is 118 Å². The molecule has 0 fully saturated rings. The second-order valence-electron chi connectivity index (χ2n) is 10.9. The SMILES string of the molecule is O=C(O)CCC(CCCCCCc1ccccc1)C(=O)OC(=O)C(CCCCCCc1ccccc1)CCC(=O)O. The summed E-state index contributed by atoms with van der Waals surface area (Å²) >= 11 is 0. The Morgan fingerprint density at radius 3 is 1.24 bits per heavy atom. The zero-order valence-electron chi connectivity index (χ0n) is 24.2. The van der Waals surface area contributed by atoms with Gasteiger partial charge in [0.25, 0.3) is 0 Å². The molecule has 7 nitrogen and oxygen atoms in total. The molecule has 7 heteroatoms. The summed E-state index contributed by atoms with van der Waals surface area (Å²) in [7, 11) is 0. The molecule has 0 aliphatic heterocycles. The van der Waals surface area contributed by atoms with Crippen LogP contribution in [0.3, 0.4) is 0 Å². The summed E-state index contributed by atoms with van der Waals surface area (Å²) in [5, 5.41) is 18.3. The first-order valence-corrected chi connectivity index (χ1v) is 15.1. The zero-order chi connectivity index (χ0) is 29.7. The Morgan fingerprint density at radius 2 is 0.878 bits per heavy atom. The van der Waals surface area contributed by atoms with Crippen LogP contribution >= 0.6 is 0 Å². The molecule has 2 atom stereocenters. The monoisotopic (exact) mass is 566 g/mol. The van der Waals surface area contributed by atoms with Crippen molar-refractivity contribution in [3.63, 3.8) is 0 Å². The molecule has 0 saturated heterocycles. The van der Waals surface area contributed by atoms with Gasteiger partial charge in [-0.25, -0.2) is 0 Å². The lowest BCUT2D eigenvalue weighted by Gasteiger charge is -2.18. The highest BCUT2D eigenvalue weighted by Crippen LogP contribution is 2.23. The van der Waals surface area contributed by atoms with Crippen LogP contribution in [-0.2, 0) is 36.8 Å². The van der Waals surface area contributed by atoms with Gasteiger partial charge >= 0.3 is 23.9 Å². The summed E-state index contributed by atoms with van der Waals surface area (Å²) in [6, 6.07) is 20.5. The van der Waals surface area contributed by atoms with Crippen LogP contribution in [0.5, 0.6) is 0 Å². The predicted octanol–water partition coefficient (Wildman–Crippen LogP) is 7.40. The van der Waals surface area contributed by atoms with Crippen LogP contribution in [0.4, 0.5) is 0 Å². The van der Waals surface area contributed by atoms with Crippen LogP contribution in [0.2, 0.25) is 0 Å². The fourth-order valence-electron chi connectivity index (χ4n) is 5.06. The van der Waals surface area contributed by atoms with Crippen molar-refractivity contribution in [1.82, 2.24) is 0 Å². The fraction of sp³-hybridized carbons (Fsp3) is 0.529. The van der Waals surface area contributed by atoms with E-state index in [0.717, 1.165) is 64.2 Å². The number of hydrogen-bond acceptors (Lipinski definition) is 5. The summed E-state index contributed by atoms with van der Waals surface area (Å²) < 4.78 is 5.25. The summed E-state index contributed by atoms with van der Waals surface area (Å²) in [6.45, 7) is 0. The standard InChI is InChI=1S/C34H46O7/c35-31(36)25-23-29(21-13-3-1-7-15-27-17-9-5-10-18-27)33(39)41-34(40)30(24-26-32(37)38)22-14-4-2-8-16-28-19-11-6-12-20-28/h5-6,9-12,17-20,29-30H,1-4,7-8,13-16,21-26H2,(H,35,36)(H,37,38). The highest BCUT2D eigenvalue weighted by Gasteiger charge is 2.28. The van der Waals surface area contributed by atoms with Gasteiger partial charge in [-0.2, -0.15) is 0 Å². The van der Waals surface area contributed by atoms with E-state index in [0.29, 0.717) is 12.8 Å². The van der Waals surface area contributed by atoms with Crippen molar-refractivity contribution in [3.05, 3.63) is 71.8 Å². The van der Waals surface area contributed by atoms with E-state index in [9.17, 15) is 19.2 Å². The number of carboxylic acid groups (broad SMARTS) is 2. The van der Waals surface area contributed by atoms with Gasteiger partial charge in [-0.3, -0.25) is 19.2 Å². The highest BCUT2D eigenvalue weighted by molar-refractivity contribution is 5.88. The molecule has 2 N–H and O–H groups in total. The Morgan fingerprint density at radius 1 is 0.512 bits per heavy atom. The van der Waals surface area contributed by atoms with Crippen molar-refractivity contribution in [1.29, 1.82) is 0 Å². The molecular formula is C34H46O7. The van der Waals surface area contributed by atoms with Gasteiger partial charge in [-0.05, 0) is 62.5 Å². The lowest BCUT2D eigenvalue weighted by Crippen LogP contribution is -2.27. The molecule has 41 heavy (non-hydrogen) atoms. The van der Waals surface area contributed by atoms with Crippen LogP contribution in [0.1, 0.15) is 101 Å². The maximum absolute atomic E-state index is 12.9. The van der Waals surface area contributed by atoms with E-state index >= 15 is 0 Å². The minimum Gasteiger partial charge on any atom is -0.481 e. The lowest BCUT2D eigenvalue weighted by atomic mass is 9.94. The first-order chi connectivity index (χ1) is 19.8. The van der Waals surface area contributed by atoms with Crippen molar-refractivity contribution in [2.24, 2.45) is 11.8 Å². The molecule has 0 aromatic heterocycles. The van der Waals surface area contributed by atoms with Gasteiger partial charge in [0.1, 0.15) is 0 Å². The number of hydrogen-bond donors (Lipinski definition) is 2. The number of rotatable bonds is 22. The zero-order valence-corrected chi connectivity index (χ0v) is 24.2. The molecule has 0 aliphatic carbocycles. The van der Waals surface area contributed by atoms with E-state index in [1.165, 1.54) is 11.1 Å². The molecule has 2 rings (SSSR count). The van der Waals surface area contributed by atoms with Crippen molar-refractivity contribution >= 4 is 23.9 Å². The fourth-order valence-corrected chi connectivity index (χ4v) is 5.06. The highest BCUT2D eigenvalue weighted by atomic mass is 16.6. The quantitative estimate of drug-likeness (QED) is 0.0866. The minimum absolute atomic E-state index is 0.118. The van der Waals surface area contributed by atoms with Gasteiger partial charge in [0.15, 0.2) is 0 Å². The number of esters is 2. The van der Waals surface area contributed by atoms with Gasteiger partial charge in [-0.15, -0.1) is 0 Å². The molecule has 0 bridgehead atoms. The Bertz CT molecular complexity index is 952. The normalized spacial score (nSPS) is 12.4. The number of unbranched alkanes of at least 4 members (excludes halogenated alkanes) is 6. The van der Waals surface area contributed by atoms with E-state index in [2.05, 4.69) is 24.3 Å². The van der Waals surface area contributed by atoms with E-state index in [1.54, 1.807) is 0 Å². The lowest BCUT2D eigenvalue weighted by molar-refractivity contribution is -0.166. The summed E-state index contributed by atoms with van der Waals surface area (Å²) in [5.41, 5.74) is 2.58. The van der Waals surface area contributed by atoms with Crippen LogP contribution in [0.15, 0.2) is 60.7 Å². The number of carbonyl (C=O) groups excluding carboxylic acids is 2. The molecule has 0 amide bonds. The van der Waals surface area contributed by atoms with E-state index < -0.39 is 35.7 Å². The molecule has 2 aromatic carbocycles. The van der Waals surface area contributed by atoms with Gasteiger partial charge < -0.3 is 14.9 Å². The first-order valence-electron chi connectivity index (χ1n) is 15.1. The van der Waals surface area contributed by atoms with Crippen LogP contribution in [0.25, 0.3) is 0 Å². The molecule has 0 spiro atoms. The molecular weight excluding hydrogens is 520 g/mol. The number of aryl methyl sites for hydroxylation is 2. The van der Waals surface area contributed by atoms with Crippen LogP contribution in [-0.4, -0.2) is 34.1 Å². The first kappa shape index (κ1) is 33.7. The van der Waals surface area contributed by atoms with Crippen molar-refractivity contribution < 1.29 is 34.1 Å². The van der Waals surface area contributed by atoms with Gasteiger partial charge in [0.05, 0.1) is 11.8 Å². The molecule has 224 valence electrons. The van der Waals surface area contributed by atoms with Crippen molar-refractivity contribution in [2.75, 3.05) is 0 Å². The maximum Gasteiger partial charge on any atom is 0.316 e. The second-order valence-corrected chi connectivity index (χ2v) is 10.9.